The molecule has 2 rings (SSSR count). The molecule has 0 aliphatic heterocycles. The van der Waals surface area contributed by atoms with Crippen LogP contribution in [-0.4, -0.2) is 0 Å². The van der Waals surface area contributed by atoms with E-state index in [1.54, 1.807) is 6.07 Å². The average Bonchev–Trinajstić information content (AvgIpc) is 2.30. The fourth-order valence-electron chi connectivity index (χ4n) is 1.43. The lowest BCUT2D eigenvalue weighted by Gasteiger charge is -2.08. The minimum Gasteiger partial charge on any atom is -0.381 e. The van der Waals surface area contributed by atoms with Gasteiger partial charge in [-0.3, -0.25) is 0 Å². The molecule has 0 aliphatic carbocycles. The van der Waals surface area contributed by atoms with Crippen molar-refractivity contribution in [3.8, 4) is 0 Å². The molecule has 0 spiro atoms. The normalized spacial score (nSPS) is 10.3. The smallest absolute Gasteiger partial charge is 0.0470 e. The Kier molecular flexibility index (Phi) is 4.16. The maximum Gasteiger partial charge on any atom is 0.0470 e. The Bertz CT molecular complexity index is 509. The van der Waals surface area contributed by atoms with Crippen molar-refractivity contribution < 1.29 is 0 Å². The van der Waals surface area contributed by atoms with Crippen molar-refractivity contribution in [3.05, 3.63) is 63.1 Å². The summed E-state index contributed by atoms with van der Waals surface area (Å²) in [6, 6.07) is 13.0. The predicted octanol–water partition coefficient (Wildman–Crippen LogP) is 5.26. The van der Waals surface area contributed by atoms with Gasteiger partial charge in [-0.05, 0) is 42.0 Å². The standard InChI is InChI=1S/C13H10Cl3N/c14-10-3-5-12(6-4-10)17-8-9-1-2-11(15)7-13(9)16/h1-7,17H,8H2. The Morgan fingerprint density at radius 1 is 0.824 bits per heavy atom. The van der Waals surface area contributed by atoms with Crippen molar-refractivity contribution in [2.24, 2.45) is 0 Å². The molecule has 0 bridgehead atoms. The van der Waals surface area contributed by atoms with Crippen LogP contribution in [0.15, 0.2) is 42.5 Å². The first-order valence-corrected chi connectivity index (χ1v) is 6.22. The molecule has 2 aromatic rings. The van der Waals surface area contributed by atoms with E-state index in [1.807, 2.05) is 36.4 Å². The Hall–Kier alpha value is -0.890. The van der Waals surface area contributed by atoms with Crippen molar-refractivity contribution in [2.75, 3.05) is 5.32 Å². The van der Waals surface area contributed by atoms with Crippen LogP contribution >= 0.6 is 34.8 Å². The third-order valence-corrected chi connectivity index (χ3v) is 3.18. The van der Waals surface area contributed by atoms with E-state index in [4.69, 9.17) is 34.8 Å². The zero-order valence-corrected chi connectivity index (χ0v) is 11.2. The van der Waals surface area contributed by atoms with Gasteiger partial charge in [-0.25, -0.2) is 0 Å². The molecule has 0 aromatic heterocycles. The Balaban J connectivity index is 2.04. The number of rotatable bonds is 3. The second kappa shape index (κ2) is 5.63. The van der Waals surface area contributed by atoms with Gasteiger partial charge in [0.25, 0.3) is 0 Å². The molecule has 4 heteroatoms. The van der Waals surface area contributed by atoms with Crippen molar-refractivity contribution in [1.82, 2.24) is 0 Å². The highest BCUT2D eigenvalue weighted by Crippen LogP contribution is 2.22. The van der Waals surface area contributed by atoms with E-state index in [2.05, 4.69) is 5.32 Å². The van der Waals surface area contributed by atoms with Crippen molar-refractivity contribution >= 4 is 40.5 Å². The number of hydrogen-bond donors (Lipinski definition) is 1. The first-order chi connectivity index (χ1) is 8.15. The van der Waals surface area contributed by atoms with Gasteiger partial charge in [0, 0.05) is 27.3 Å². The molecular formula is C13H10Cl3N. The predicted molar refractivity (Wildman–Crippen MR) is 75.2 cm³/mol. The molecule has 1 N–H and O–H groups in total. The number of halogens is 3. The molecule has 0 heterocycles. The minimum atomic E-state index is 0.644. The number of hydrogen-bond acceptors (Lipinski definition) is 1. The quantitative estimate of drug-likeness (QED) is 0.811. The number of benzene rings is 2. The largest absolute Gasteiger partial charge is 0.381 e. The lowest BCUT2D eigenvalue weighted by Crippen LogP contribution is -1.99. The summed E-state index contributed by atoms with van der Waals surface area (Å²) in [5, 5.41) is 5.29. The molecule has 0 atom stereocenters. The summed E-state index contributed by atoms with van der Waals surface area (Å²) in [6.07, 6.45) is 0. The summed E-state index contributed by atoms with van der Waals surface area (Å²) in [7, 11) is 0. The SMILES string of the molecule is Clc1ccc(NCc2ccc(Cl)cc2Cl)cc1. The van der Waals surface area contributed by atoms with Crippen molar-refractivity contribution in [1.29, 1.82) is 0 Å². The number of anilines is 1. The van der Waals surface area contributed by atoms with Crippen LogP contribution in [0, 0.1) is 0 Å². The van der Waals surface area contributed by atoms with E-state index in [0.29, 0.717) is 16.6 Å². The highest BCUT2D eigenvalue weighted by molar-refractivity contribution is 6.35. The van der Waals surface area contributed by atoms with Crippen LogP contribution in [0.2, 0.25) is 15.1 Å². The van der Waals surface area contributed by atoms with Crippen LogP contribution in [0.4, 0.5) is 5.69 Å². The minimum absolute atomic E-state index is 0.644. The lowest BCUT2D eigenvalue weighted by atomic mass is 10.2. The Labute approximate surface area is 115 Å². The maximum absolute atomic E-state index is 6.08. The average molecular weight is 287 g/mol. The monoisotopic (exact) mass is 285 g/mol. The van der Waals surface area contributed by atoms with Crippen molar-refractivity contribution in [3.63, 3.8) is 0 Å². The van der Waals surface area contributed by atoms with Gasteiger partial charge >= 0.3 is 0 Å². The lowest BCUT2D eigenvalue weighted by molar-refractivity contribution is 1.15. The van der Waals surface area contributed by atoms with Gasteiger partial charge in [-0.15, -0.1) is 0 Å². The molecule has 2 aromatic carbocycles. The highest BCUT2D eigenvalue weighted by atomic mass is 35.5. The number of nitrogens with one attached hydrogen (secondary N) is 1. The first kappa shape index (κ1) is 12.6. The van der Waals surface area contributed by atoms with Gasteiger partial charge in [0.15, 0.2) is 0 Å². The molecule has 0 saturated carbocycles. The van der Waals surface area contributed by atoms with Crippen LogP contribution < -0.4 is 5.32 Å². The molecular weight excluding hydrogens is 277 g/mol. The second-order valence-electron chi connectivity index (χ2n) is 3.60. The van der Waals surface area contributed by atoms with Gasteiger partial charge in [-0.2, -0.15) is 0 Å². The molecule has 0 radical (unpaired) electrons. The highest BCUT2D eigenvalue weighted by Gasteiger charge is 2.01. The molecule has 0 saturated heterocycles. The van der Waals surface area contributed by atoms with E-state index >= 15 is 0 Å². The van der Waals surface area contributed by atoms with E-state index in [1.165, 1.54) is 0 Å². The zero-order chi connectivity index (χ0) is 12.3. The van der Waals surface area contributed by atoms with Gasteiger partial charge in [0.1, 0.15) is 0 Å². The summed E-state index contributed by atoms with van der Waals surface area (Å²) in [4.78, 5) is 0. The third-order valence-electron chi connectivity index (χ3n) is 2.34. The Morgan fingerprint density at radius 2 is 1.47 bits per heavy atom. The third kappa shape index (κ3) is 3.53. The summed E-state index contributed by atoms with van der Waals surface area (Å²) in [6.45, 7) is 0.650. The molecule has 0 amide bonds. The van der Waals surface area contributed by atoms with Crippen LogP contribution in [0.5, 0.6) is 0 Å². The van der Waals surface area contributed by atoms with Crippen molar-refractivity contribution in [2.45, 2.75) is 6.54 Å². The first-order valence-electron chi connectivity index (χ1n) is 5.08. The molecule has 17 heavy (non-hydrogen) atoms. The summed E-state index contributed by atoms with van der Waals surface area (Å²) in [5.41, 5.74) is 2.01. The molecule has 0 fully saturated rings. The molecule has 88 valence electrons. The van der Waals surface area contributed by atoms with Crippen LogP contribution in [0.3, 0.4) is 0 Å². The van der Waals surface area contributed by atoms with E-state index in [-0.39, 0.29) is 0 Å². The summed E-state index contributed by atoms with van der Waals surface area (Å²) in [5.74, 6) is 0. The summed E-state index contributed by atoms with van der Waals surface area (Å²) >= 11 is 17.7. The topological polar surface area (TPSA) is 12.0 Å². The van der Waals surface area contributed by atoms with Crippen LogP contribution in [0.25, 0.3) is 0 Å². The Morgan fingerprint density at radius 3 is 2.12 bits per heavy atom. The molecule has 0 aliphatic rings. The maximum atomic E-state index is 6.08. The van der Waals surface area contributed by atoms with E-state index in [0.717, 1.165) is 16.3 Å². The molecule has 1 nitrogen and oxygen atoms in total. The van der Waals surface area contributed by atoms with Crippen LogP contribution in [-0.2, 0) is 6.54 Å². The zero-order valence-electron chi connectivity index (χ0n) is 8.88. The van der Waals surface area contributed by atoms with Gasteiger partial charge in [-0.1, -0.05) is 40.9 Å². The summed E-state index contributed by atoms with van der Waals surface area (Å²) < 4.78 is 0. The van der Waals surface area contributed by atoms with E-state index < -0.39 is 0 Å². The fourth-order valence-corrected chi connectivity index (χ4v) is 2.03. The van der Waals surface area contributed by atoms with Gasteiger partial charge in [0.2, 0.25) is 0 Å². The van der Waals surface area contributed by atoms with E-state index in [9.17, 15) is 0 Å². The van der Waals surface area contributed by atoms with Gasteiger partial charge < -0.3 is 5.32 Å². The molecule has 0 unspecified atom stereocenters. The second-order valence-corrected chi connectivity index (χ2v) is 4.88. The fraction of sp³-hybridized carbons (Fsp3) is 0.0769. The van der Waals surface area contributed by atoms with Gasteiger partial charge in [0.05, 0.1) is 0 Å². The van der Waals surface area contributed by atoms with Crippen LogP contribution in [0.1, 0.15) is 5.56 Å².